The first-order valence-corrected chi connectivity index (χ1v) is 6.85. The SMILES string of the molecule is CC(C)(C)C(=O)Nc1ccc2c(c1)NC(=O)CC2(C)C. The molecule has 1 heterocycles. The van der Waals surface area contributed by atoms with Crippen LogP contribution in [-0.4, -0.2) is 11.8 Å². The lowest BCUT2D eigenvalue weighted by Crippen LogP contribution is -2.33. The van der Waals surface area contributed by atoms with Crippen molar-refractivity contribution in [2.24, 2.45) is 5.41 Å². The Morgan fingerprint density at radius 2 is 1.95 bits per heavy atom. The van der Waals surface area contributed by atoms with E-state index in [0.717, 1.165) is 11.3 Å². The van der Waals surface area contributed by atoms with Crippen molar-refractivity contribution in [1.82, 2.24) is 0 Å². The molecule has 1 aliphatic heterocycles. The van der Waals surface area contributed by atoms with E-state index in [-0.39, 0.29) is 17.2 Å². The maximum Gasteiger partial charge on any atom is 0.229 e. The summed E-state index contributed by atoms with van der Waals surface area (Å²) < 4.78 is 0. The molecule has 108 valence electrons. The van der Waals surface area contributed by atoms with Gasteiger partial charge in [-0.05, 0) is 17.7 Å². The van der Waals surface area contributed by atoms with Crippen molar-refractivity contribution in [3.63, 3.8) is 0 Å². The zero-order valence-corrected chi connectivity index (χ0v) is 12.8. The van der Waals surface area contributed by atoms with E-state index >= 15 is 0 Å². The minimum atomic E-state index is -0.446. The van der Waals surface area contributed by atoms with Crippen LogP contribution in [0.25, 0.3) is 0 Å². The van der Waals surface area contributed by atoms with Crippen LogP contribution >= 0.6 is 0 Å². The Morgan fingerprint density at radius 1 is 1.30 bits per heavy atom. The third kappa shape index (κ3) is 2.84. The highest BCUT2D eigenvalue weighted by atomic mass is 16.2. The maximum atomic E-state index is 12.0. The van der Waals surface area contributed by atoms with Gasteiger partial charge >= 0.3 is 0 Å². The molecule has 2 amide bonds. The van der Waals surface area contributed by atoms with Crippen LogP contribution in [0.1, 0.15) is 46.6 Å². The van der Waals surface area contributed by atoms with Crippen LogP contribution in [0.4, 0.5) is 11.4 Å². The number of carbonyl (C=O) groups excluding carboxylic acids is 2. The molecule has 1 aliphatic rings. The molecule has 0 aliphatic carbocycles. The first kappa shape index (κ1) is 14.6. The average molecular weight is 274 g/mol. The fraction of sp³-hybridized carbons (Fsp3) is 0.500. The van der Waals surface area contributed by atoms with Crippen LogP contribution in [0.2, 0.25) is 0 Å². The van der Waals surface area contributed by atoms with E-state index in [1.807, 2.05) is 39.0 Å². The molecule has 0 unspecified atom stereocenters. The second-order valence-electron chi connectivity index (χ2n) is 7.07. The van der Waals surface area contributed by atoms with Crippen molar-refractivity contribution in [2.75, 3.05) is 10.6 Å². The fourth-order valence-electron chi connectivity index (χ4n) is 2.33. The van der Waals surface area contributed by atoms with Crippen molar-refractivity contribution in [2.45, 2.75) is 46.5 Å². The molecule has 20 heavy (non-hydrogen) atoms. The normalized spacial score (nSPS) is 17.1. The average Bonchev–Trinajstić information content (AvgIpc) is 2.25. The molecule has 0 aromatic heterocycles. The highest BCUT2D eigenvalue weighted by Gasteiger charge is 2.32. The van der Waals surface area contributed by atoms with E-state index in [1.54, 1.807) is 0 Å². The number of hydrogen-bond donors (Lipinski definition) is 2. The highest BCUT2D eigenvalue weighted by Crippen LogP contribution is 2.38. The summed E-state index contributed by atoms with van der Waals surface area (Å²) in [6, 6.07) is 5.70. The lowest BCUT2D eigenvalue weighted by Gasteiger charge is -2.32. The van der Waals surface area contributed by atoms with Gasteiger partial charge in [-0.25, -0.2) is 0 Å². The maximum absolute atomic E-state index is 12.0. The van der Waals surface area contributed by atoms with Gasteiger partial charge in [-0.2, -0.15) is 0 Å². The number of fused-ring (bicyclic) bond motifs is 1. The fourth-order valence-corrected chi connectivity index (χ4v) is 2.33. The van der Waals surface area contributed by atoms with Crippen molar-refractivity contribution >= 4 is 23.2 Å². The lowest BCUT2D eigenvalue weighted by atomic mass is 9.78. The number of benzene rings is 1. The minimum absolute atomic E-state index is 0.0156. The molecule has 2 rings (SSSR count). The second kappa shape index (κ2) is 4.62. The number of rotatable bonds is 1. The van der Waals surface area contributed by atoms with Crippen LogP contribution in [0.5, 0.6) is 0 Å². The van der Waals surface area contributed by atoms with Crippen LogP contribution in [0.3, 0.4) is 0 Å². The smallest absolute Gasteiger partial charge is 0.229 e. The Labute approximate surface area is 119 Å². The molecule has 1 aromatic rings. The standard InChI is InChI=1S/C16H22N2O2/c1-15(2,3)14(20)17-10-6-7-11-12(8-10)18-13(19)9-16(11,4)5/h6-8H,9H2,1-5H3,(H,17,20)(H,18,19). The quantitative estimate of drug-likeness (QED) is 0.825. The Bertz CT molecular complexity index is 568. The molecule has 0 saturated heterocycles. The predicted octanol–water partition coefficient (Wildman–Crippen LogP) is 3.29. The van der Waals surface area contributed by atoms with Gasteiger partial charge in [-0.15, -0.1) is 0 Å². The number of hydrogen-bond acceptors (Lipinski definition) is 2. The molecule has 1 aromatic carbocycles. The van der Waals surface area contributed by atoms with E-state index in [9.17, 15) is 9.59 Å². The summed E-state index contributed by atoms with van der Waals surface area (Å²) in [7, 11) is 0. The van der Waals surface area contributed by atoms with Gasteiger partial charge in [-0.1, -0.05) is 40.7 Å². The third-order valence-electron chi connectivity index (χ3n) is 3.56. The van der Waals surface area contributed by atoms with Crippen LogP contribution in [-0.2, 0) is 15.0 Å². The van der Waals surface area contributed by atoms with Crippen LogP contribution < -0.4 is 10.6 Å². The molecule has 4 heteroatoms. The molecule has 2 N–H and O–H groups in total. The summed E-state index contributed by atoms with van der Waals surface area (Å²) in [6.45, 7) is 9.71. The number of amides is 2. The van der Waals surface area contributed by atoms with E-state index in [1.165, 1.54) is 0 Å². The van der Waals surface area contributed by atoms with Crippen LogP contribution in [0, 0.1) is 5.41 Å². The summed E-state index contributed by atoms with van der Waals surface area (Å²) in [5.41, 5.74) is 1.98. The second-order valence-corrected chi connectivity index (χ2v) is 7.07. The minimum Gasteiger partial charge on any atom is -0.326 e. The van der Waals surface area contributed by atoms with Gasteiger partial charge in [-0.3, -0.25) is 9.59 Å². The zero-order chi connectivity index (χ0) is 15.1. The number of nitrogens with one attached hydrogen (secondary N) is 2. The summed E-state index contributed by atoms with van der Waals surface area (Å²) in [6.07, 6.45) is 0.480. The Kier molecular flexibility index (Phi) is 3.36. The Hall–Kier alpha value is -1.84. The monoisotopic (exact) mass is 274 g/mol. The number of anilines is 2. The Balaban J connectivity index is 2.31. The van der Waals surface area contributed by atoms with E-state index < -0.39 is 5.41 Å². The molecule has 0 atom stereocenters. The molecule has 0 bridgehead atoms. The molecule has 0 fully saturated rings. The van der Waals surface area contributed by atoms with Gasteiger partial charge in [0.15, 0.2) is 0 Å². The number of carbonyl (C=O) groups is 2. The highest BCUT2D eigenvalue weighted by molar-refractivity contribution is 5.98. The van der Waals surface area contributed by atoms with Crippen molar-refractivity contribution in [3.05, 3.63) is 23.8 Å². The van der Waals surface area contributed by atoms with Gasteiger partial charge in [0.05, 0.1) is 0 Å². The predicted molar refractivity (Wildman–Crippen MR) is 80.8 cm³/mol. The van der Waals surface area contributed by atoms with Gasteiger partial charge < -0.3 is 10.6 Å². The van der Waals surface area contributed by atoms with Gasteiger partial charge in [0.2, 0.25) is 11.8 Å². The summed E-state index contributed by atoms with van der Waals surface area (Å²) in [5, 5.41) is 5.76. The van der Waals surface area contributed by atoms with E-state index in [0.29, 0.717) is 12.1 Å². The molecule has 4 nitrogen and oxygen atoms in total. The summed E-state index contributed by atoms with van der Waals surface area (Å²) >= 11 is 0. The molecule has 0 radical (unpaired) electrons. The zero-order valence-electron chi connectivity index (χ0n) is 12.8. The van der Waals surface area contributed by atoms with Crippen molar-refractivity contribution in [1.29, 1.82) is 0 Å². The third-order valence-corrected chi connectivity index (χ3v) is 3.56. The molecular weight excluding hydrogens is 252 g/mol. The van der Waals surface area contributed by atoms with E-state index in [2.05, 4.69) is 24.5 Å². The van der Waals surface area contributed by atoms with E-state index in [4.69, 9.17) is 0 Å². The summed E-state index contributed by atoms with van der Waals surface area (Å²) in [5.74, 6) is -0.0272. The molecule has 0 spiro atoms. The lowest BCUT2D eigenvalue weighted by molar-refractivity contribution is -0.123. The first-order valence-electron chi connectivity index (χ1n) is 6.85. The summed E-state index contributed by atoms with van der Waals surface area (Å²) in [4.78, 5) is 23.7. The molecular formula is C16H22N2O2. The Morgan fingerprint density at radius 3 is 2.55 bits per heavy atom. The first-order chi connectivity index (χ1) is 9.09. The van der Waals surface area contributed by atoms with Crippen LogP contribution in [0.15, 0.2) is 18.2 Å². The molecule has 0 saturated carbocycles. The van der Waals surface area contributed by atoms with Crippen molar-refractivity contribution in [3.8, 4) is 0 Å². The van der Waals surface area contributed by atoms with Gasteiger partial charge in [0, 0.05) is 28.6 Å². The van der Waals surface area contributed by atoms with Crippen molar-refractivity contribution < 1.29 is 9.59 Å². The largest absolute Gasteiger partial charge is 0.326 e. The van der Waals surface area contributed by atoms with Gasteiger partial charge in [0.25, 0.3) is 0 Å². The van der Waals surface area contributed by atoms with Gasteiger partial charge in [0.1, 0.15) is 0 Å². The topological polar surface area (TPSA) is 58.2 Å².